The third-order valence-corrected chi connectivity index (χ3v) is 7.24. The van der Waals surface area contributed by atoms with E-state index in [1.54, 1.807) is 17.9 Å². The van der Waals surface area contributed by atoms with Gasteiger partial charge in [0.1, 0.15) is 11.5 Å². The van der Waals surface area contributed by atoms with Gasteiger partial charge in [0.2, 0.25) is 0 Å². The number of carbonyl (C=O) groups is 3. The summed E-state index contributed by atoms with van der Waals surface area (Å²) in [5, 5.41) is 6.05. The highest BCUT2D eigenvalue weighted by atomic mass is 16.5. The van der Waals surface area contributed by atoms with Crippen molar-refractivity contribution in [2.24, 2.45) is 0 Å². The fourth-order valence-electron chi connectivity index (χ4n) is 5.36. The molecule has 230 valence electrons. The lowest BCUT2D eigenvalue weighted by Gasteiger charge is -2.43. The lowest BCUT2D eigenvalue weighted by atomic mass is 9.93. The van der Waals surface area contributed by atoms with E-state index in [0.717, 1.165) is 0 Å². The molecule has 0 spiro atoms. The van der Waals surface area contributed by atoms with Gasteiger partial charge < -0.3 is 25.0 Å². The van der Waals surface area contributed by atoms with Crippen LogP contribution in [0.3, 0.4) is 0 Å². The van der Waals surface area contributed by atoms with Crippen molar-refractivity contribution in [3.63, 3.8) is 0 Å². The number of amides is 4. The highest BCUT2D eigenvalue weighted by Gasteiger charge is 2.39. The summed E-state index contributed by atoms with van der Waals surface area (Å²) in [6, 6.07) is 15.5. The molecule has 10 nitrogen and oxygen atoms in total. The van der Waals surface area contributed by atoms with Gasteiger partial charge in [-0.15, -0.1) is 6.58 Å². The Kier molecular flexibility index (Phi) is 10.1. The first-order valence-electron chi connectivity index (χ1n) is 14.7. The van der Waals surface area contributed by atoms with E-state index in [-0.39, 0.29) is 36.8 Å². The summed E-state index contributed by atoms with van der Waals surface area (Å²) in [4.78, 5) is 45.6. The smallest absolute Gasteiger partial charge is 0.338 e. The summed E-state index contributed by atoms with van der Waals surface area (Å²) in [6.07, 6.45) is 1.63. The zero-order chi connectivity index (χ0) is 31.1. The van der Waals surface area contributed by atoms with Crippen molar-refractivity contribution in [2.45, 2.75) is 52.2 Å². The molecule has 43 heavy (non-hydrogen) atoms. The van der Waals surface area contributed by atoms with E-state index in [0.29, 0.717) is 54.5 Å². The lowest BCUT2D eigenvalue weighted by molar-refractivity contribution is -0.139. The molecule has 0 aliphatic carbocycles. The number of esters is 1. The number of rotatable bonds is 9. The van der Waals surface area contributed by atoms with Crippen LogP contribution in [0.2, 0.25) is 0 Å². The molecule has 2 aliphatic heterocycles. The zero-order valence-corrected chi connectivity index (χ0v) is 25.8. The molecule has 2 aromatic rings. The fraction of sp³-hybridized carbons (Fsp3) is 0.424. The van der Waals surface area contributed by atoms with E-state index in [4.69, 9.17) is 9.47 Å². The number of nitrogens with zero attached hydrogens (tertiary/aromatic N) is 3. The Morgan fingerprint density at radius 3 is 2.47 bits per heavy atom. The number of urea groups is 2. The predicted molar refractivity (Wildman–Crippen MR) is 166 cm³/mol. The number of hydrogen-bond acceptors (Lipinski definition) is 6. The first kappa shape index (κ1) is 31.6. The Labute approximate surface area is 254 Å². The summed E-state index contributed by atoms with van der Waals surface area (Å²) in [6.45, 7) is 15.9. The maximum absolute atomic E-state index is 13.6. The molecule has 0 saturated carbocycles. The molecular weight excluding hydrogens is 546 g/mol. The average molecular weight is 590 g/mol. The van der Waals surface area contributed by atoms with E-state index in [2.05, 4.69) is 22.1 Å². The molecule has 2 unspecified atom stereocenters. The van der Waals surface area contributed by atoms with Crippen molar-refractivity contribution >= 4 is 18.0 Å². The number of benzene rings is 2. The number of ether oxygens (including phenoxy) is 2. The van der Waals surface area contributed by atoms with Crippen molar-refractivity contribution in [1.29, 1.82) is 0 Å². The predicted octanol–water partition coefficient (Wildman–Crippen LogP) is 5.06. The minimum absolute atomic E-state index is 0.0735. The molecule has 2 aromatic carbocycles. The largest absolute Gasteiger partial charge is 0.463 e. The molecular formula is C33H43N5O5. The van der Waals surface area contributed by atoms with Gasteiger partial charge in [-0.25, -0.2) is 14.4 Å². The van der Waals surface area contributed by atoms with Gasteiger partial charge >= 0.3 is 18.0 Å². The number of piperazine rings is 1. The maximum atomic E-state index is 13.6. The van der Waals surface area contributed by atoms with Gasteiger partial charge in [-0.05, 0) is 64.4 Å². The van der Waals surface area contributed by atoms with Crippen LogP contribution in [0, 0.1) is 0 Å². The standard InChI is InChI=1S/C33H43N5O5/c1-7-17-38-27(22-36-18-19-37(23(3)21-36)32(41)35-33(4,5)6)28(30(39)42-8-2)29(34-31(38)40)24-13-12-16-26(20-24)43-25-14-10-9-11-15-25/h7,9-16,20,23,29H,1,8,17-19,21-22H2,2-6H3,(H,34,40)(H,35,41). The summed E-state index contributed by atoms with van der Waals surface area (Å²) in [7, 11) is 0. The van der Waals surface area contributed by atoms with Gasteiger partial charge in [0.05, 0.1) is 18.2 Å². The minimum Gasteiger partial charge on any atom is -0.463 e. The Hall–Kier alpha value is -4.31. The van der Waals surface area contributed by atoms with Gasteiger partial charge in [-0.1, -0.05) is 36.4 Å². The van der Waals surface area contributed by atoms with Crippen LogP contribution < -0.4 is 15.4 Å². The number of para-hydroxylation sites is 1. The van der Waals surface area contributed by atoms with Crippen LogP contribution in [-0.4, -0.2) is 83.6 Å². The highest BCUT2D eigenvalue weighted by molar-refractivity contribution is 5.95. The molecule has 2 heterocycles. The molecule has 10 heteroatoms. The minimum atomic E-state index is -0.752. The molecule has 1 saturated heterocycles. The number of nitrogens with one attached hydrogen (secondary N) is 2. The Bertz CT molecular complexity index is 1350. The van der Waals surface area contributed by atoms with Crippen molar-refractivity contribution in [1.82, 2.24) is 25.3 Å². The molecule has 0 radical (unpaired) electrons. The van der Waals surface area contributed by atoms with E-state index in [1.807, 2.05) is 87.2 Å². The average Bonchev–Trinajstić information content (AvgIpc) is 2.94. The first-order chi connectivity index (χ1) is 20.5. The van der Waals surface area contributed by atoms with Crippen LogP contribution in [0.1, 0.15) is 46.2 Å². The number of carbonyl (C=O) groups excluding carboxylic acids is 3. The highest BCUT2D eigenvalue weighted by Crippen LogP contribution is 2.34. The third-order valence-electron chi connectivity index (χ3n) is 7.24. The lowest BCUT2D eigenvalue weighted by Crippen LogP contribution is -2.59. The Morgan fingerprint density at radius 2 is 1.81 bits per heavy atom. The van der Waals surface area contributed by atoms with E-state index in [1.165, 1.54) is 0 Å². The first-order valence-corrected chi connectivity index (χ1v) is 14.7. The van der Waals surface area contributed by atoms with Crippen molar-refractivity contribution in [2.75, 3.05) is 39.3 Å². The second-order valence-electron chi connectivity index (χ2n) is 11.8. The van der Waals surface area contributed by atoms with Crippen LogP contribution in [0.25, 0.3) is 0 Å². The van der Waals surface area contributed by atoms with Crippen molar-refractivity contribution < 1.29 is 23.9 Å². The molecule has 4 amide bonds. The SMILES string of the molecule is C=CCN1C(=O)NC(c2cccc(Oc3ccccc3)c2)C(C(=O)OCC)=C1CN1CCN(C(=O)NC(C)(C)C)C(C)C1. The van der Waals surface area contributed by atoms with Crippen LogP contribution >= 0.6 is 0 Å². The van der Waals surface area contributed by atoms with Gasteiger partial charge in [0.15, 0.2) is 0 Å². The van der Waals surface area contributed by atoms with Crippen LogP contribution in [0.4, 0.5) is 9.59 Å². The summed E-state index contributed by atoms with van der Waals surface area (Å²) >= 11 is 0. The van der Waals surface area contributed by atoms with Crippen molar-refractivity contribution in [3.8, 4) is 11.5 Å². The van der Waals surface area contributed by atoms with Gasteiger partial charge in [-0.3, -0.25) is 9.80 Å². The van der Waals surface area contributed by atoms with Crippen LogP contribution in [0.15, 0.2) is 78.5 Å². The van der Waals surface area contributed by atoms with E-state index in [9.17, 15) is 14.4 Å². The second-order valence-corrected chi connectivity index (χ2v) is 11.8. The van der Waals surface area contributed by atoms with Crippen LogP contribution in [0.5, 0.6) is 11.5 Å². The fourth-order valence-corrected chi connectivity index (χ4v) is 5.36. The van der Waals surface area contributed by atoms with Gasteiger partial charge in [0.25, 0.3) is 0 Å². The summed E-state index contributed by atoms with van der Waals surface area (Å²) in [5.74, 6) is 0.757. The normalized spacial score (nSPS) is 19.5. The summed E-state index contributed by atoms with van der Waals surface area (Å²) < 4.78 is 11.6. The molecule has 1 fully saturated rings. The second kappa shape index (κ2) is 13.8. The van der Waals surface area contributed by atoms with E-state index < -0.39 is 12.0 Å². The Morgan fingerprint density at radius 1 is 1.09 bits per heavy atom. The molecule has 4 rings (SSSR count). The monoisotopic (exact) mass is 589 g/mol. The molecule has 2 atom stereocenters. The molecule has 2 aliphatic rings. The molecule has 2 N–H and O–H groups in total. The van der Waals surface area contributed by atoms with E-state index >= 15 is 0 Å². The Balaban J connectivity index is 1.67. The molecule has 0 bridgehead atoms. The van der Waals surface area contributed by atoms with Gasteiger partial charge in [0, 0.05) is 50.0 Å². The topological polar surface area (TPSA) is 103 Å². The quantitative estimate of drug-likeness (QED) is 0.313. The third kappa shape index (κ3) is 7.95. The number of hydrogen-bond donors (Lipinski definition) is 2. The summed E-state index contributed by atoms with van der Waals surface area (Å²) in [5.41, 5.74) is 1.27. The molecule has 0 aromatic heterocycles. The van der Waals surface area contributed by atoms with Crippen molar-refractivity contribution in [3.05, 3.63) is 84.1 Å². The zero-order valence-electron chi connectivity index (χ0n) is 25.8. The van der Waals surface area contributed by atoms with Crippen LogP contribution in [-0.2, 0) is 9.53 Å². The van der Waals surface area contributed by atoms with Gasteiger partial charge in [-0.2, -0.15) is 0 Å². The maximum Gasteiger partial charge on any atom is 0.338 e.